The van der Waals surface area contributed by atoms with Crippen molar-refractivity contribution >= 4 is 5.97 Å². The second-order valence-corrected chi connectivity index (χ2v) is 2.91. The van der Waals surface area contributed by atoms with Crippen LogP contribution >= 0.6 is 0 Å². The fraction of sp³-hybridized carbons (Fsp3) is 0.625. The van der Waals surface area contributed by atoms with Crippen molar-refractivity contribution in [2.24, 2.45) is 0 Å². The van der Waals surface area contributed by atoms with Crippen LogP contribution < -0.4 is 0 Å². The Hall–Kier alpha value is -1.03. The first-order valence-electron chi connectivity index (χ1n) is 3.91. The number of carbonyl (C=O) groups excluding carboxylic acids is 1. The zero-order valence-electron chi connectivity index (χ0n) is 7.24. The van der Waals surface area contributed by atoms with Crippen molar-refractivity contribution in [2.45, 2.75) is 25.8 Å². The Bertz CT molecular complexity index is 214. The molecule has 12 heavy (non-hydrogen) atoms. The third-order valence-electron chi connectivity index (χ3n) is 1.96. The molecule has 1 unspecified atom stereocenters. The lowest BCUT2D eigenvalue weighted by Crippen LogP contribution is -2.45. The third-order valence-corrected chi connectivity index (χ3v) is 1.96. The molecule has 1 heterocycles. The van der Waals surface area contributed by atoms with Gasteiger partial charge in [-0.2, -0.15) is 0 Å². The molecule has 4 nitrogen and oxygen atoms in total. The molecule has 68 valence electrons. The lowest BCUT2D eigenvalue weighted by atomic mass is 10.0. The normalized spacial score (nSPS) is 27.8. The van der Waals surface area contributed by atoms with Crippen LogP contribution in [0, 0.1) is 5.21 Å². The van der Waals surface area contributed by atoms with Crippen LogP contribution in [-0.4, -0.2) is 23.2 Å². The van der Waals surface area contributed by atoms with Gasteiger partial charge in [0.25, 0.3) is 0 Å². The van der Waals surface area contributed by atoms with Crippen molar-refractivity contribution in [3.8, 4) is 0 Å². The van der Waals surface area contributed by atoms with Gasteiger partial charge in [0.15, 0.2) is 0 Å². The number of nitrogens with zero attached hydrogens (tertiary/aromatic N) is 1. The summed E-state index contributed by atoms with van der Waals surface area (Å²) >= 11 is 0. The van der Waals surface area contributed by atoms with Crippen LogP contribution in [0.25, 0.3) is 0 Å². The van der Waals surface area contributed by atoms with Crippen LogP contribution in [0.2, 0.25) is 0 Å². The highest BCUT2D eigenvalue weighted by Crippen LogP contribution is 2.26. The molecule has 4 heteroatoms. The zero-order valence-corrected chi connectivity index (χ0v) is 7.24. The molecule has 0 fully saturated rings. The zero-order chi connectivity index (χ0) is 9.19. The molecule has 0 radical (unpaired) electrons. The van der Waals surface area contributed by atoms with Crippen LogP contribution in [0.3, 0.4) is 0 Å². The van der Waals surface area contributed by atoms with Crippen molar-refractivity contribution in [2.75, 3.05) is 6.61 Å². The van der Waals surface area contributed by atoms with Gasteiger partial charge >= 0.3 is 5.97 Å². The summed E-state index contributed by atoms with van der Waals surface area (Å²) in [6.45, 7) is 3.61. The molecular formula is C8H12NO3-. The monoisotopic (exact) mass is 170 g/mol. The second-order valence-electron chi connectivity index (χ2n) is 2.91. The Labute approximate surface area is 71.4 Å². The van der Waals surface area contributed by atoms with Crippen LogP contribution in [0.15, 0.2) is 12.3 Å². The summed E-state index contributed by atoms with van der Waals surface area (Å²) in [5.74, 6) is -0.454. The highest BCUT2D eigenvalue weighted by atomic mass is 16.6. The van der Waals surface area contributed by atoms with Crippen molar-refractivity contribution in [1.82, 2.24) is 5.06 Å². The predicted octanol–water partition coefficient (Wildman–Crippen LogP) is 1.03. The molecule has 1 atom stereocenters. The van der Waals surface area contributed by atoms with E-state index in [9.17, 15) is 10.0 Å². The van der Waals surface area contributed by atoms with E-state index < -0.39 is 11.5 Å². The minimum atomic E-state index is -1.03. The molecule has 1 aliphatic heterocycles. The van der Waals surface area contributed by atoms with Gasteiger partial charge in [-0.25, -0.2) is 4.79 Å². The Morgan fingerprint density at radius 2 is 2.50 bits per heavy atom. The van der Waals surface area contributed by atoms with Gasteiger partial charge in [-0.15, -0.1) is 0 Å². The summed E-state index contributed by atoms with van der Waals surface area (Å²) in [6.07, 6.45) is 3.45. The third kappa shape index (κ3) is 1.30. The first-order valence-corrected chi connectivity index (χ1v) is 3.91. The van der Waals surface area contributed by atoms with Crippen molar-refractivity contribution in [3.05, 3.63) is 17.5 Å². The molecule has 0 aliphatic carbocycles. The predicted molar refractivity (Wildman–Crippen MR) is 44.0 cm³/mol. The Morgan fingerprint density at radius 1 is 1.83 bits per heavy atom. The Balaban J connectivity index is 2.66. The van der Waals surface area contributed by atoms with E-state index in [1.165, 1.54) is 6.20 Å². The van der Waals surface area contributed by atoms with Crippen molar-refractivity contribution in [1.29, 1.82) is 0 Å². The van der Waals surface area contributed by atoms with E-state index in [1.54, 1.807) is 19.9 Å². The van der Waals surface area contributed by atoms with E-state index in [1.807, 2.05) is 0 Å². The Kier molecular flexibility index (Phi) is 2.38. The molecule has 0 amide bonds. The number of carbonyl (C=O) groups is 1. The molecule has 1 aliphatic rings. The van der Waals surface area contributed by atoms with Gasteiger partial charge < -0.3 is 15.0 Å². The van der Waals surface area contributed by atoms with Gasteiger partial charge in [-0.1, -0.05) is 6.08 Å². The van der Waals surface area contributed by atoms with E-state index in [0.717, 1.165) is 0 Å². The lowest BCUT2D eigenvalue weighted by Gasteiger charge is -2.38. The first kappa shape index (κ1) is 9.06. The molecule has 0 N–H and O–H groups in total. The highest BCUT2D eigenvalue weighted by Gasteiger charge is 2.36. The van der Waals surface area contributed by atoms with E-state index in [-0.39, 0.29) is 0 Å². The van der Waals surface area contributed by atoms with Gasteiger partial charge in [-0.3, -0.25) is 0 Å². The lowest BCUT2D eigenvalue weighted by molar-refractivity contribution is -0.153. The maximum Gasteiger partial charge on any atom is 0.331 e. The molecular weight excluding hydrogens is 158 g/mol. The molecule has 0 spiro atoms. The summed E-state index contributed by atoms with van der Waals surface area (Å²) in [5, 5.41) is 11.8. The van der Waals surface area contributed by atoms with Gasteiger partial charge in [0, 0.05) is 0 Å². The van der Waals surface area contributed by atoms with Crippen LogP contribution in [0.4, 0.5) is 0 Å². The summed E-state index contributed by atoms with van der Waals surface area (Å²) in [5.41, 5.74) is -1.03. The smallest absolute Gasteiger partial charge is 0.331 e. The van der Waals surface area contributed by atoms with Crippen LogP contribution in [-0.2, 0) is 9.53 Å². The van der Waals surface area contributed by atoms with Gasteiger partial charge in [0.2, 0.25) is 0 Å². The molecule has 0 aromatic rings. The fourth-order valence-electron chi connectivity index (χ4n) is 1.09. The van der Waals surface area contributed by atoms with Gasteiger partial charge in [-0.05, 0) is 26.5 Å². The van der Waals surface area contributed by atoms with Crippen molar-refractivity contribution < 1.29 is 9.53 Å². The molecule has 1 rings (SSSR count). The summed E-state index contributed by atoms with van der Waals surface area (Å²) < 4.78 is 4.78. The minimum absolute atomic E-state index is 0.308. The number of rotatable bonds is 2. The van der Waals surface area contributed by atoms with Crippen molar-refractivity contribution in [3.63, 3.8) is 0 Å². The molecule has 0 bridgehead atoms. The fourth-order valence-corrected chi connectivity index (χ4v) is 1.09. The number of ether oxygens (including phenoxy) is 1. The number of hydroxylamine groups is 2. The number of esters is 1. The Morgan fingerprint density at radius 3 is 2.92 bits per heavy atom. The van der Waals surface area contributed by atoms with Gasteiger partial charge in [0.1, 0.15) is 5.54 Å². The SMILES string of the molecule is CCOC(=O)C1(C)CC=CN1[O-]. The average molecular weight is 170 g/mol. The first-order chi connectivity index (χ1) is 5.61. The average Bonchev–Trinajstić information content (AvgIpc) is 2.34. The van der Waals surface area contributed by atoms with E-state index in [2.05, 4.69) is 0 Å². The minimum Gasteiger partial charge on any atom is -0.758 e. The van der Waals surface area contributed by atoms with Gasteiger partial charge in [0.05, 0.1) is 6.61 Å². The summed E-state index contributed by atoms with van der Waals surface area (Å²) in [6, 6.07) is 0. The highest BCUT2D eigenvalue weighted by molar-refractivity contribution is 5.81. The quantitative estimate of drug-likeness (QED) is 0.581. The maximum atomic E-state index is 11.3. The standard InChI is InChI=1S/C8H12NO3/c1-3-12-7(10)8(2)5-4-6-9(8)11/h4,6H,3,5H2,1-2H3/q-1. The largest absolute Gasteiger partial charge is 0.758 e. The number of hydrogen-bond donors (Lipinski definition) is 0. The van der Waals surface area contributed by atoms with Crippen LogP contribution in [0.5, 0.6) is 0 Å². The molecule has 0 saturated carbocycles. The molecule has 0 aromatic heterocycles. The number of hydrogen-bond acceptors (Lipinski definition) is 4. The maximum absolute atomic E-state index is 11.3. The molecule has 0 aromatic carbocycles. The van der Waals surface area contributed by atoms with Crippen LogP contribution in [0.1, 0.15) is 20.3 Å². The van der Waals surface area contributed by atoms with E-state index >= 15 is 0 Å². The van der Waals surface area contributed by atoms with E-state index in [0.29, 0.717) is 18.1 Å². The second kappa shape index (κ2) is 3.15. The topological polar surface area (TPSA) is 52.6 Å². The summed E-state index contributed by atoms with van der Waals surface area (Å²) in [7, 11) is 0. The molecule has 0 saturated heterocycles. The summed E-state index contributed by atoms with van der Waals surface area (Å²) in [4.78, 5) is 11.3. The van der Waals surface area contributed by atoms with E-state index in [4.69, 9.17) is 4.74 Å².